The van der Waals surface area contributed by atoms with E-state index in [1.807, 2.05) is 0 Å². The number of nitrogen functional groups attached to an aromatic ring is 1. The molecular weight excluding hydrogens is 444 g/mol. The van der Waals surface area contributed by atoms with Crippen LogP contribution in [0.2, 0.25) is 0 Å². The van der Waals surface area contributed by atoms with Gasteiger partial charge in [0.25, 0.3) is 0 Å². The zero-order valence-electron chi connectivity index (χ0n) is 17.7. The lowest BCUT2D eigenvalue weighted by molar-refractivity contribution is -0.335. The van der Waals surface area contributed by atoms with E-state index in [1.54, 1.807) is 24.3 Å². The lowest BCUT2D eigenvalue weighted by atomic mass is 9.98. The predicted octanol–water partition coefficient (Wildman–Crippen LogP) is -4.09. The van der Waals surface area contributed by atoms with Gasteiger partial charge in [-0.15, -0.1) is 0 Å². The SMILES string of the molecule is NCC(O[C@@H]1O[C@H](CO[C@@H]2O[C@H](CO)[C@@H](O)[C@H](O)[C@H]2O)[C@@H](O)[C@H](O)[C@H]1O)c1ccc(N)cc1. The van der Waals surface area contributed by atoms with Crippen LogP contribution >= 0.6 is 0 Å². The van der Waals surface area contributed by atoms with Crippen LogP contribution in [0.3, 0.4) is 0 Å². The minimum absolute atomic E-state index is 0.0151. The van der Waals surface area contributed by atoms with Crippen molar-refractivity contribution in [3.8, 4) is 0 Å². The van der Waals surface area contributed by atoms with Gasteiger partial charge in [-0.05, 0) is 17.7 Å². The fourth-order valence-electron chi connectivity index (χ4n) is 3.70. The van der Waals surface area contributed by atoms with E-state index >= 15 is 0 Å². The Balaban J connectivity index is 1.65. The van der Waals surface area contributed by atoms with Gasteiger partial charge in [0.05, 0.1) is 19.3 Å². The van der Waals surface area contributed by atoms with Crippen molar-refractivity contribution in [3.63, 3.8) is 0 Å². The van der Waals surface area contributed by atoms with Gasteiger partial charge in [0.15, 0.2) is 12.6 Å². The summed E-state index contributed by atoms with van der Waals surface area (Å²) >= 11 is 0. The number of aliphatic hydroxyl groups is 7. The Morgan fingerprint density at radius 1 is 0.788 bits per heavy atom. The summed E-state index contributed by atoms with van der Waals surface area (Å²) in [4.78, 5) is 0. The lowest BCUT2D eigenvalue weighted by Gasteiger charge is -2.43. The van der Waals surface area contributed by atoms with Crippen LogP contribution < -0.4 is 11.5 Å². The van der Waals surface area contributed by atoms with E-state index in [1.165, 1.54) is 0 Å². The topological polar surface area (TPSA) is 231 Å². The Labute approximate surface area is 189 Å². The highest BCUT2D eigenvalue weighted by Gasteiger charge is 2.47. The normalized spacial score (nSPS) is 40.5. The summed E-state index contributed by atoms with van der Waals surface area (Å²) in [5, 5.41) is 70.0. The van der Waals surface area contributed by atoms with Gasteiger partial charge in [-0.3, -0.25) is 0 Å². The highest BCUT2D eigenvalue weighted by molar-refractivity contribution is 5.39. The van der Waals surface area contributed by atoms with Gasteiger partial charge in [0, 0.05) is 12.2 Å². The van der Waals surface area contributed by atoms with Crippen molar-refractivity contribution in [2.75, 3.05) is 25.5 Å². The number of rotatable bonds is 8. The first-order chi connectivity index (χ1) is 15.7. The van der Waals surface area contributed by atoms with Gasteiger partial charge in [0.1, 0.15) is 48.8 Å². The highest BCUT2D eigenvalue weighted by Crippen LogP contribution is 2.29. The summed E-state index contributed by atoms with van der Waals surface area (Å²) in [7, 11) is 0. The number of anilines is 1. The molecule has 13 heteroatoms. The number of ether oxygens (including phenoxy) is 4. The number of nitrogens with two attached hydrogens (primary N) is 2. The molecule has 0 aliphatic carbocycles. The van der Waals surface area contributed by atoms with Crippen molar-refractivity contribution in [1.82, 2.24) is 0 Å². The maximum Gasteiger partial charge on any atom is 0.187 e. The first-order valence-electron chi connectivity index (χ1n) is 10.5. The molecule has 0 spiro atoms. The summed E-state index contributed by atoms with van der Waals surface area (Å²) < 4.78 is 22.0. The van der Waals surface area contributed by atoms with Gasteiger partial charge < -0.3 is 66.2 Å². The molecule has 1 aromatic rings. The van der Waals surface area contributed by atoms with Crippen LogP contribution in [-0.2, 0) is 18.9 Å². The largest absolute Gasteiger partial charge is 0.399 e. The van der Waals surface area contributed by atoms with Gasteiger partial charge in [0.2, 0.25) is 0 Å². The molecule has 2 fully saturated rings. The van der Waals surface area contributed by atoms with E-state index in [0.29, 0.717) is 11.3 Å². The molecule has 1 unspecified atom stereocenters. The maximum atomic E-state index is 10.3. The Morgan fingerprint density at radius 2 is 1.33 bits per heavy atom. The predicted molar refractivity (Wildman–Crippen MR) is 110 cm³/mol. The second kappa shape index (κ2) is 11.3. The first-order valence-corrected chi connectivity index (χ1v) is 10.5. The highest BCUT2D eigenvalue weighted by atomic mass is 16.7. The van der Waals surface area contributed by atoms with Crippen molar-refractivity contribution >= 4 is 5.69 Å². The third-order valence-electron chi connectivity index (χ3n) is 5.76. The molecule has 2 saturated heterocycles. The Morgan fingerprint density at radius 3 is 1.91 bits per heavy atom. The second-order valence-electron chi connectivity index (χ2n) is 8.07. The molecule has 0 bridgehead atoms. The van der Waals surface area contributed by atoms with Gasteiger partial charge in [-0.2, -0.15) is 0 Å². The average molecular weight is 476 g/mol. The van der Waals surface area contributed by atoms with Crippen LogP contribution in [0.5, 0.6) is 0 Å². The number of hydrogen-bond acceptors (Lipinski definition) is 13. The monoisotopic (exact) mass is 476 g/mol. The van der Waals surface area contributed by atoms with Crippen LogP contribution in [0.25, 0.3) is 0 Å². The first kappa shape index (κ1) is 26.2. The van der Waals surface area contributed by atoms with Crippen molar-refractivity contribution < 1.29 is 54.7 Å². The standard InChI is InChI=1S/C20H32N2O11/c21-5-10(8-1-3-9(22)4-2-8)31-20-18(29)16(27)14(25)12(33-20)7-30-19-17(28)15(26)13(24)11(6-23)32-19/h1-4,10-20,23-29H,5-7,21-22H2/t10?,11-,12-,13-,14-,15+,16+,17-,18-,19-,20-/m1/s1. The Bertz CT molecular complexity index is 739. The molecule has 2 heterocycles. The molecular formula is C20H32N2O11. The van der Waals surface area contributed by atoms with Crippen molar-refractivity contribution in [2.45, 2.75) is 67.5 Å². The van der Waals surface area contributed by atoms with Gasteiger partial charge in [-0.25, -0.2) is 0 Å². The third kappa shape index (κ3) is 5.79. The molecule has 1 aromatic carbocycles. The summed E-state index contributed by atoms with van der Waals surface area (Å²) in [6, 6.07) is 6.67. The van der Waals surface area contributed by atoms with E-state index in [2.05, 4.69) is 0 Å². The summed E-state index contributed by atoms with van der Waals surface area (Å²) in [6.45, 7) is -1.08. The minimum atomic E-state index is -1.66. The molecule has 33 heavy (non-hydrogen) atoms. The molecule has 0 saturated carbocycles. The summed E-state index contributed by atoms with van der Waals surface area (Å²) in [6.07, 6.45) is -15.7. The molecule has 188 valence electrons. The number of hydrogen-bond donors (Lipinski definition) is 9. The van der Waals surface area contributed by atoms with Crippen LogP contribution in [0.4, 0.5) is 5.69 Å². The zero-order valence-corrected chi connectivity index (χ0v) is 17.7. The third-order valence-corrected chi connectivity index (χ3v) is 5.76. The molecule has 11 N–H and O–H groups in total. The summed E-state index contributed by atoms with van der Waals surface area (Å²) in [5.41, 5.74) is 12.7. The van der Waals surface area contributed by atoms with E-state index in [0.717, 1.165) is 0 Å². The smallest absolute Gasteiger partial charge is 0.187 e. The van der Waals surface area contributed by atoms with Gasteiger partial charge >= 0.3 is 0 Å². The van der Waals surface area contributed by atoms with Crippen LogP contribution in [-0.4, -0.2) is 117 Å². The fourth-order valence-corrected chi connectivity index (χ4v) is 3.70. The molecule has 0 radical (unpaired) electrons. The fraction of sp³-hybridized carbons (Fsp3) is 0.700. The Kier molecular flexibility index (Phi) is 8.96. The van der Waals surface area contributed by atoms with Crippen LogP contribution in [0.1, 0.15) is 11.7 Å². The molecule has 3 rings (SSSR count). The van der Waals surface area contributed by atoms with E-state index in [4.69, 9.17) is 30.4 Å². The molecule has 2 aliphatic heterocycles. The maximum absolute atomic E-state index is 10.3. The van der Waals surface area contributed by atoms with Crippen LogP contribution in [0.15, 0.2) is 24.3 Å². The molecule has 11 atom stereocenters. The number of aliphatic hydroxyl groups excluding tert-OH is 7. The average Bonchev–Trinajstić information content (AvgIpc) is 2.82. The number of benzene rings is 1. The Hall–Kier alpha value is -1.46. The quantitative estimate of drug-likeness (QED) is 0.163. The van der Waals surface area contributed by atoms with E-state index in [-0.39, 0.29) is 6.54 Å². The zero-order chi connectivity index (χ0) is 24.3. The minimum Gasteiger partial charge on any atom is -0.399 e. The second-order valence-corrected chi connectivity index (χ2v) is 8.07. The molecule has 2 aliphatic rings. The molecule has 0 amide bonds. The van der Waals surface area contributed by atoms with Crippen LogP contribution in [0, 0.1) is 0 Å². The van der Waals surface area contributed by atoms with E-state index in [9.17, 15) is 35.7 Å². The summed E-state index contributed by atoms with van der Waals surface area (Å²) in [5.74, 6) is 0. The molecule has 0 aromatic heterocycles. The van der Waals surface area contributed by atoms with E-state index < -0.39 is 80.7 Å². The van der Waals surface area contributed by atoms with Crippen molar-refractivity contribution in [2.24, 2.45) is 5.73 Å². The molecule has 13 nitrogen and oxygen atoms in total. The lowest BCUT2D eigenvalue weighted by Crippen LogP contribution is -2.61. The van der Waals surface area contributed by atoms with Crippen molar-refractivity contribution in [1.29, 1.82) is 0 Å². The van der Waals surface area contributed by atoms with Gasteiger partial charge in [-0.1, -0.05) is 12.1 Å². The van der Waals surface area contributed by atoms with Crippen molar-refractivity contribution in [3.05, 3.63) is 29.8 Å².